The quantitative estimate of drug-likeness (QED) is 0.777. The Morgan fingerprint density at radius 1 is 1.22 bits per heavy atom. The predicted molar refractivity (Wildman–Crippen MR) is 82.8 cm³/mol. The molecule has 3 rings (SSSR count). The first-order valence-corrected chi connectivity index (χ1v) is 7.15. The van der Waals surface area contributed by atoms with E-state index in [0.29, 0.717) is 5.82 Å². The van der Waals surface area contributed by atoms with Crippen LogP contribution in [0.5, 0.6) is 5.75 Å². The maximum atomic E-state index is 12.2. The monoisotopic (exact) mass is 318 g/mol. The Morgan fingerprint density at radius 3 is 2.65 bits per heavy atom. The third-order valence-electron chi connectivity index (χ3n) is 3.47. The van der Waals surface area contributed by atoms with Crippen molar-refractivity contribution in [1.82, 2.24) is 14.6 Å². The van der Waals surface area contributed by atoms with E-state index in [4.69, 9.17) is 0 Å². The van der Waals surface area contributed by atoms with Crippen molar-refractivity contribution in [2.75, 3.05) is 5.32 Å². The molecular formula is C16H16F2N4O. The minimum absolute atomic E-state index is 0.0514. The number of halogens is 2. The van der Waals surface area contributed by atoms with Gasteiger partial charge in [-0.15, -0.1) is 0 Å². The molecule has 2 heterocycles. The molecule has 0 aliphatic heterocycles. The van der Waals surface area contributed by atoms with Crippen LogP contribution in [-0.4, -0.2) is 21.2 Å². The zero-order valence-electron chi connectivity index (χ0n) is 12.7. The molecule has 0 saturated carbocycles. The van der Waals surface area contributed by atoms with E-state index in [1.807, 2.05) is 19.9 Å². The van der Waals surface area contributed by atoms with Crippen molar-refractivity contribution in [2.45, 2.75) is 26.5 Å². The molecule has 1 unspecified atom stereocenters. The molecular weight excluding hydrogens is 302 g/mol. The molecule has 1 N–H and O–H groups in total. The fourth-order valence-corrected chi connectivity index (χ4v) is 2.38. The zero-order chi connectivity index (χ0) is 16.4. The highest BCUT2D eigenvalue weighted by Crippen LogP contribution is 2.24. The average Bonchev–Trinajstić information content (AvgIpc) is 2.88. The number of hydrogen-bond acceptors (Lipinski definition) is 4. The molecule has 0 amide bonds. The van der Waals surface area contributed by atoms with Gasteiger partial charge in [0, 0.05) is 12.4 Å². The topological polar surface area (TPSA) is 51.5 Å². The van der Waals surface area contributed by atoms with Crippen molar-refractivity contribution >= 4 is 11.3 Å². The van der Waals surface area contributed by atoms with E-state index in [9.17, 15) is 8.78 Å². The number of hydrogen-bond donors (Lipinski definition) is 1. The Bertz CT molecular complexity index is 801. The first kappa shape index (κ1) is 15.2. The van der Waals surface area contributed by atoms with Crippen LogP contribution < -0.4 is 10.1 Å². The van der Waals surface area contributed by atoms with Gasteiger partial charge >= 0.3 is 6.61 Å². The number of nitrogens with one attached hydrogen (secondary N) is 1. The Hall–Kier alpha value is -2.70. The van der Waals surface area contributed by atoms with Crippen molar-refractivity contribution in [1.29, 1.82) is 0 Å². The third kappa shape index (κ3) is 3.39. The first-order chi connectivity index (χ1) is 11.0. The van der Waals surface area contributed by atoms with Crippen molar-refractivity contribution in [2.24, 2.45) is 0 Å². The van der Waals surface area contributed by atoms with Crippen LogP contribution in [0.1, 0.15) is 24.2 Å². The van der Waals surface area contributed by atoms with Crippen LogP contribution in [0.15, 0.2) is 42.7 Å². The number of fused-ring (bicyclic) bond motifs is 1. The molecule has 0 bridgehead atoms. The number of ether oxygens (including phenoxy) is 1. The molecule has 5 nitrogen and oxygen atoms in total. The molecule has 0 spiro atoms. The Balaban J connectivity index is 1.79. The molecule has 0 saturated heterocycles. The Morgan fingerprint density at radius 2 is 1.96 bits per heavy atom. The van der Waals surface area contributed by atoms with Crippen LogP contribution in [0.25, 0.3) is 5.52 Å². The number of benzene rings is 1. The van der Waals surface area contributed by atoms with Crippen LogP contribution >= 0.6 is 0 Å². The summed E-state index contributed by atoms with van der Waals surface area (Å²) >= 11 is 0. The van der Waals surface area contributed by atoms with E-state index in [1.54, 1.807) is 29.0 Å². The maximum Gasteiger partial charge on any atom is 0.387 e. The highest BCUT2D eigenvalue weighted by atomic mass is 19.3. The lowest BCUT2D eigenvalue weighted by Crippen LogP contribution is -2.09. The molecule has 23 heavy (non-hydrogen) atoms. The molecule has 1 aromatic carbocycles. The van der Waals surface area contributed by atoms with Gasteiger partial charge in [-0.2, -0.15) is 13.9 Å². The van der Waals surface area contributed by atoms with Crippen molar-refractivity contribution < 1.29 is 13.5 Å². The standard InChI is InChI=1S/C16H16F2N4O/c1-10-9-14-15(19-7-8-22(14)21-10)20-11(2)12-3-5-13(6-4-12)23-16(17)18/h3-9,11,16H,1-2H3,(H,19,20). The normalized spacial score (nSPS) is 12.6. The van der Waals surface area contributed by atoms with Crippen molar-refractivity contribution in [3.05, 3.63) is 54.0 Å². The minimum Gasteiger partial charge on any atom is -0.435 e. The summed E-state index contributed by atoms with van der Waals surface area (Å²) in [4.78, 5) is 4.35. The van der Waals surface area contributed by atoms with Gasteiger partial charge in [-0.25, -0.2) is 9.50 Å². The summed E-state index contributed by atoms with van der Waals surface area (Å²) in [6.07, 6.45) is 3.46. The van der Waals surface area contributed by atoms with Crippen LogP contribution in [0.3, 0.4) is 0 Å². The second kappa shape index (κ2) is 6.20. The number of rotatable bonds is 5. The highest BCUT2D eigenvalue weighted by molar-refractivity contribution is 5.68. The van der Waals surface area contributed by atoms with Crippen LogP contribution in [0.4, 0.5) is 14.6 Å². The summed E-state index contributed by atoms with van der Waals surface area (Å²) in [5.41, 5.74) is 2.73. The van der Waals surface area contributed by atoms with Gasteiger partial charge in [0.15, 0.2) is 5.82 Å². The van der Waals surface area contributed by atoms with Gasteiger partial charge in [0.25, 0.3) is 0 Å². The molecule has 120 valence electrons. The number of alkyl halides is 2. The maximum absolute atomic E-state index is 12.2. The van der Waals surface area contributed by atoms with E-state index >= 15 is 0 Å². The molecule has 0 fully saturated rings. The Labute approximate surface area is 131 Å². The largest absolute Gasteiger partial charge is 0.435 e. The summed E-state index contributed by atoms with van der Waals surface area (Å²) in [6.45, 7) is 1.07. The molecule has 3 aromatic rings. The molecule has 2 aromatic heterocycles. The summed E-state index contributed by atoms with van der Waals surface area (Å²) in [5, 5.41) is 7.66. The fourth-order valence-electron chi connectivity index (χ4n) is 2.38. The third-order valence-corrected chi connectivity index (χ3v) is 3.47. The fraction of sp³-hybridized carbons (Fsp3) is 0.250. The van der Waals surface area contributed by atoms with E-state index < -0.39 is 6.61 Å². The zero-order valence-corrected chi connectivity index (χ0v) is 12.7. The van der Waals surface area contributed by atoms with E-state index in [2.05, 4.69) is 20.1 Å². The van der Waals surface area contributed by atoms with Gasteiger partial charge in [0.05, 0.1) is 11.7 Å². The van der Waals surface area contributed by atoms with Crippen molar-refractivity contribution in [3.63, 3.8) is 0 Å². The van der Waals surface area contributed by atoms with Gasteiger partial charge in [-0.3, -0.25) is 0 Å². The van der Waals surface area contributed by atoms with Gasteiger partial charge in [-0.05, 0) is 37.6 Å². The summed E-state index contributed by atoms with van der Waals surface area (Å²) in [6, 6.07) is 8.44. The number of nitrogens with zero attached hydrogens (tertiary/aromatic N) is 3. The van der Waals surface area contributed by atoms with Gasteiger partial charge < -0.3 is 10.1 Å². The summed E-state index contributed by atoms with van der Waals surface area (Å²) in [7, 11) is 0. The lowest BCUT2D eigenvalue weighted by molar-refractivity contribution is -0.0498. The summed E-state index contributed by atoms with van der Waals surface area (Å²) < 4.78 is 30.4. The predicted octanol–water partition coefficient (Wildman–Crippen LogP) is 3.81. The highest BCUT2D eigenvalue weighted by Gasteiger charge is 2.11. The van der Waals surface area contributed by atoms with Gasteiger partial charge in [0.2, 0.25) is 0 Å². The molecule has 1 atom stereocenters. The smallest absolute Gasteiger partial charge is 0.387 e. The first-order valence-electron chi connectivity index (χ1n) is 7.15. The lowest BCUT2D eigenvalue weighted by Gasteiger charge is -2.16. The Kier molecular flexibility index (Phi) is 4.10. The van der Waals surface area contributed by atoms with E-state index in [-0.39, 0.29) is 11.8 Å². The van der Waals surface area contributed by atoms with E-state index in [0.717, 1.165) is 16.8 Å². The minimum atomic E-state index is -2.82. The van der Waals surface area contributed by atoms with Crippen molar-refractivity contribution in [3.8, 4) is 5.75 Å². The van der Waals surface area contributed by atoms with Crippen LogP contribution in [0.2, 0.25) is 0 Å². The SMILES string of the molecule is Cc1cc2c(NC(C)c3ccc(OC(F)F)cc3)nccn2n1. The molecule has 0 aliphatic rings. The van der Waals surface area contributed by atoms with Gasteiger partial charge in [0.1, 0.15) is 11.3 Å². The lowest BCUT2D eigenvalue weighted by atomic mass is 10.1. The number of aryl methyl sites for hydroxylation is 1. The molecule has 0 aliphatic carbocycles. The summed E-state index contributed by atoms with van der Waals surface area (Å²) in [5.74, 6) is 0.857. The van der Waals surface area contributed by atoms with E-state index in [1.165, 1.54) is 12.1 Å². The second-order valence-corrected chi connectivity index (χ2v) is 5.20. The number of aromatic nitrogens is 3. The molecule has 7 heteroatoms. The van der Waals surface area contributed by atoms with Crippen LogP contribution in [-0.2, 0) is 0 Å². The molecule has 0 radical (unpaired) electrons. The second-order valence-electron chi connectivity index (χ2n) is 5.20. The number of anilines is 1. The van der Waals surface area contributed by atoms with Gasteiger partial charge in [-0.1, -0.05) is 12.1 Å². The average molecular weight is 318 g/mol. The van der Waals surface area contributed by atoms with Crippen LogP contribution in [0, 0.1) is 6.92 Å².